The molecule has 0 aliphatic rings. The maximum absolute atomic E-state index is 15.0. The second kappa shape index (κ2) is 50.2. The standard InChI is InChI=1S/C72H129N27O12/c1-12-40(9)55(67(110)96-52(35-43-36-88-45-23-15-14-22-44(43)45)63(106)93-48(26-19-31-85-70(78)79)59(102)90-46(57(75)100)25-18-30-84-69(76)77)98-62(105)50(28-21-33-87-72(82)83)92-60(103)47(24-16-17-29-73)91-58(101)42(11)89-66(109)54(39(7)8)97-68(111)56(41(10)13-2)99-64(107)51(34-37(3)4)95-61(104)49(27-20-32-86-71(80)81)94-65(108)53(74)38(5)6/h14-15,22-23,36-42,46-56,88H,12-13,16-21,24-35,73-74H2,1-11H3,(H2,75,100)(H,89,109)(H,90,102)(H,91,101)(H,92,103)(H,93,106)(H,94,108)(H,95,104)(H,96,110)(H,97,111)(H,98,105)(H,99,107)(H4,76,77,84)(H4,78,79,85)(H4,80,81,86)(H4,82,83,87)/t40-,41-,42-,46-,47-,48-,49-,50-,51-,52-,53-,54-,55-,56-/m0/s1. The van der Waals surface area contributed by atoms with Gasteiger partial charge in [-0.05, 0) is 132 Å². The number of nitrogens with zero attached hydrogens (tertiary/aromatic N) is 4. The number of unbranched alkanes of at least 4 members (excludes halogenated alkanes) is 1. The lowest BCUT2D eigenvalue weighted by atomic mass is 9.95. The van der Waals surface area contributed by atoms with Crippen LogP contribution in [0.4, 0.5) is 0 Å². The summed E-state index contributed by atoms with van der Waals surface area (Å²) in [7, 11) is 0. The Morgan fingerprint density at radius 2 is 0.739 bits per heavy atom. The molecule has 0 saturated heterocycles. The molecule has 0 bridgehead atoms. The van der Waals surface area contributed by atoms with Crippen LogP contribution in [0.2, 0.25) is 0 Å². The molecule has 2 rings (SSSR count). The van der Waals surface area contributed by atoms with Gasteiger partial charge in [0.05, 0.1) is 6.04 Å². The van der Waals surface area contributed by atoms with Crippen molar-refractivity contribution < 1.29 is 57.5 Å². The molecule has 14 atom stereocenters. The van der Waals surface area contributed by atoms with Crippen LogP contribution in [-0.4, -0.2) is 205 Å². The van der Waals surface area contributed by atoms with Crippen LogP contribution in [0, 0.1) is 29.6 Å². The largest absolute Gasteiger partial charge is 0.370 e. The summed E-state index contributed by atoms with van der Waals surface area (Å²) in [5.41, 5.74) is 63.4. The fraction of sp³-hybridized carbons (Fsp3) is 0.667. The molecule has 1 heterocycles. The Hall–Kier alpha value is -10.6. The van der Waals surface area contributed by atoms with Gasteiger partial charge in [0.15, 0.2) is 23.8 Å². The van der Waals surface area contributed by atoms with Gasteiger partial charge in [0.25, 0.3) is 0 Å². The van der Waals surface area contributed by atoms with Gasteiger partial charge in [-0.1, -0.05) is 100 Å². The molecule has 0 fully saturated rings. The van der Waals surface area contributed by atoms with Crippen LogP contribution in [-0.2, 0) is 64.0 Å². The number of aromatic amines is 1. The summed E-state index contributed by atoms with van der Waals surface area (Å²) in [6.07, 6.45) is 3.67. The highest BCUT2D eigenvalue weighted by Crippen LogP contribution is 2.21. The van der Waals surface area contributed by atoms with Crippen molar-refractivity contribution in [1.29, 1.82) is 0 Å². The van der Waals surface area contributed by atoms with Gasteiger partial charge in [0.1, 0.15) is 66.5 Å². The van der Waals surface area contributed by atoms with E-state index < -0.39 is 161 Å². The van der Waals surface area contributed by atoms with Gasteiger partial charge in [-0.2, -0.15) is 0 Å². The predicted molar refractivity (Wildman–Crippen MR) is 427 cm³/mol. The molecule has 1 aromatic heterocycles. The maximum Gasteiger partial charge on any atom is 0.243 e. The van der Waals surface area contributed by atoms with E-state index in [-0.39, 0.29) is 139 Å². The third kappa shape index (κ3) is 35.8. The van der Waals surface area contributed by atoms with E-state index in [2.05, 4.69) is 83.4 Å². The second-order valence-corrected chi connectivity index (χ2v) is 29.1. The maximum atomic E-state index is 15.0. The first-order valence-corrected chi connectivity index (χ1v) is 38.1. The monoisotopic (exact) mass is 1560 g/mol. The predicted octanol–water partition coefficient (Wildman–Crippen LogP) is -4.33. The average molecular weight is 1570 g/mol. The molecule has 111 heavy (non-hydrogen) atoms. The van der Waals surface area contributed by atoms with Gasteiger partial charge in [-0.15, -0.1) is 0 Å². The number of aliphatic imine (C=N–C) groups is 4. The van der Waals surface area contributed by atoms with Crippen LogP contribution >= 0.6 is 0 Å². The highest BCUT2D eigenvalue weighted by atomic mass is 16.2. The summed E-state index contributed by atoms with van der Waals surface area (Å²) in [5, 5.41) is 30.8. The molecule has 0 saturated carbocycles. The number of primary amides is 1. The zero-order valence-electron chi connectivity index (χ0n) is 66.4. The Kier molecular flexibility index (Phi) is 43.7. The van der Waals surface area contributed by atoms with Crippen molar-refractivity contribution in [2.24, 2.45) is 113 Å². The highest BCUT2D eigenvalue weighted by molar-refractivity contribution is 6.00. The summed E-state index contributed by atoms with van der Waals surface area (Å²) in [4.78, 5) is 190. The average Bonchev–Trinajstić information content (AvgIpc) is 1.76. The smallest absolute Gasteiger partial charge is 0.243 e. The summed E-state index contributed by atoms with van der Waals surface area (Å²) in [6.45, 7) is 19.3. The lowest BCUT2D eigenvalue weighted by Crippen LogP contribution is -2.62. The van der Waals surface area contributed by atoms with Gasteiger partial charge < -0.3 is 127 Å². The fourth-order valence-corrected chi connectivity index (χ4v) is 11.6. The quantitative estimate of drug-likeness (QED) is 0.0169. The van der Waals surface area contributed by atoms with Crippen molar-refractivity contribution in [3.05, 3.63) is 36.0 Å². The van der Waals surface area contributed by atoms with Crippen molar-refractivity contribution in [2.75, 3.05) is 32.7 Å². The summed E-state index contributed by atoms with van der Waals surface area (Å²) in [6, 6.07) is -8.24. The Bertz CT molecular complexity index is 3470. The topological polar surface area (TPSA) is 689 Å². The number of carbonyl (C=O) groups excluding carboxylic acids is 12. The lowest BCUT2D eigenvalue weighted by Gasteiger charge is -2.31. The van der Waals surface area contributed by atoms with E-state index in [9.17, 15) is 57.5 Å². The molecular weight excluding hydrogens is 1430 g/mol. The molecule has 0 aliphatic heterocycles. The number of H-pyrrole nitrogens is 1. The van der Waals surface area contributed by atoms with Crippen molar-refractivity contribution in [3.8, 4) is 0 Å². The first-order chi connectivity index (χ1) is 52.3. The number of amides is 12. The number of nitrogens with one attached hydrogen (secondary N) is 12. The molecule has 0 unspecified atom stereocenters. The zero-order valence-corrected chi connectivity index (χ0v) is 66.4. The number of fused-ring (bicyclic) bond motifs is 1. The third-order valence-electron chi connectivity index (χ3n) is 18.6. The molecule has 2 aromatic rings. The van der Waals surface area contributed by atoms with Crippen LogP contribution in [0.5, 0.6) is 0 Å². The summed E-state index contributed by atoms with van der Waals surface area (Å²) < 4.78 is 0. The molecule has 34 N–H and O–H groups in total. The Labute approximate surface area is 650 Å². The Morgan fingerprint density at radius 1 is 0.387 bits per heavy atom. The van der Waals surface area contributed by atoms with Gasteiger partial charge in [0.2, 0.25) is 70.9 Å². The van der Waals surface area contributed by atoms with Gasteiger partial charge in [0, 0.05) is 49.7 Å². The van der Waals surface area contributed by atoms with E-state index in [1.807, 2.05) is 26.0 Å². The first-order valence-electron chi connectivity index (χ1n) is 38.1. The molecule has 12 amide bonds. The van der Waals surface area contributed by atoms with E-state index in [4.69, 9.17) is 63.1 Å². The highest BCUT2D eigenvalue weighted by Gasteiger charge is 2.39. The SMILES string of the molecule is CC[C@H](C)[C@H](NC(=O)[C@H](CCCN=C(N)N)NC(=O)[C@H](CCCCN)NC(=O)[C@H](C)NC(=O)[C@@H](NC(=O)[C@@H](NC(=O)[C@H](CC(C)C)NC(=O)[C@H](CCCN=C(N)N)NC(=O)[C@@H](N)C(C)C)[C@@H](C)CC)C(C)C)C(=O)N[C@@H](Cc1c[nH]c2ccccc12)C(=O)N[C@@H](CCCN=C(N)N)C(=O)N[C@@H](CCCN=C(N)N)C(N)=O. The first kappa shape index (κ1) is 96.5. The minimum atomic E-state index is -1.45. The van der Waals surface area contributed by atoms with E-state index in [0.29, 0.717) is 42.1 Å². The van der Waals surface area contributed by atoms with Crippen molar-refractivity contribution >= 4 is 106 Å². The minimum Gasteiger partial charge on any atom is -0.370 e. The van der Waals surface area contributed by atoms with Crippen LogP contribution in [0.15, 0.2) is 50.4 Å². The van der Waals surface area contributed by atoms with E-state index in [0.717, 1.165) is 0 Å². The number of carbonyl (C=O) groups is 12. The number of aromatic nitrogens is 1. The normalized spacial score (nSPS) is 15.0. The minimum absolute atomic E-state index is 0.00136. The van der Waals surface area contributed by atoms with E-state index >= 15 is 0 Å². The molecule has 0 spiro atoms. The summed E-state index contributed by atoms with van der Waals surface area (Å²) >= 11 is 0. The zero-order chi connectivity index (χ0) is 83.8. The van der Waals surface area contributed by atoms with Crippen molar-refractivity contribution in [2.45, 2.75) is 245 Å². The van der Waals surface area contributed by atoms with Gasteiger partial charge in [-0.25, -0.2) is 0 Å². The second-order valence-electron chi connectivity index (χ2n) is 29.1. The van der Waals surface area contributed by atoms with Crippen LogP contribution in [0.3, 0.4) is 0 Å². The van der Waals surface area contributed by atoms with Crippen molar-refractivity contribution in [3.63, 3.8) is 0 Å². The van der Waals surface area contributed by atoms with E-state index in [1.165, 1.54) is 6.92 Å². The van der Waals surface area contributed by atoms with Crippen molar-refractivity contribution in [1.82, 2.24) is 63.5 Å². The van der Waals surface area contributed by atoms with Crippen LogP contribution < -0.4 is 122 Å². The summed E-state index contributed by atoms with van der Waals surface area (Å²) in [5.74, 6) is -12.5. The molecule has 1 aromatic carbocycles. The Balaban J connectivity index is 2.56. The van der Waals surface area contributed by atoms with Crippen LogP contribution in [0.1, 0.15) is 172 Å². The fourth-order valence-electron chi connectivity index (χ4n) is 11.6. The number of hydrogen-bond donors (Lipinski definition) is 23. The molecular formula is C72H129N27O12. The number of guanidine groups is 4. The third-order valence-corrected chi connectivity index (χ3v) is 18.6. The molecule has 624 valence electrons. The Morgan fingerprint density at radius 3 is 1.15 bits per heavy atom. The lowest BCUT2D eigenvalue weighted by molar-refractivity contribution is -0.137. The number of rotatable bonds is 53. The molecule has 39 nitrogen and oxygen atoms in total. The molecule has 0 aliphatic carbocycles. The number of benzene rings is 1. The molecule has 0 radical (unpaired) electrons. The van der Waals surface area contributed by atoms with Gasteiger partial charge >= 0.3 is 0 Å². The molecule has 39 heteroatoms. The number of hydrogen-bond acceptors (Lipinski definition) is 18. The number of nitrogens with two attached hydrogens (primary N) is 11. The van der Waals surface area contributed by atoms with Gasteiger partial charge in [-0.3, -0.25) is 77.5 Å². The van der Waals surface area contributed by atoms with Crippen LogP contribution in [0.25, 0.3) is 10.9 Å². The van der Waals surface area contributed by atoms with E-state index in [1.54, 1.807) is 73.7 Å². The number of para-hydroxylation sites is 1.